The monoisotopic (exact) mass is 699 g/mol. The second-order valence-corrected chi connectivity index (χ2v) is 17.9. The lowest BCUT2D eigenvalue weighted by Crippen LogP contribution is -2.29. The maximum absolute atomic E-state index is 2.65. The Hall–Kier alpha value is -3.70. The number of fused-ring (bicyclic) bond motifs is 7. The van der Waals surface area contributed by atoms with Gasteiger partial charge in [-0.25, -0.2) is 4.57 Å². The fourth-order valence-electron chi connectivity index (χ4n) is 7.91. The number of benzene rings is 5. The first-order chi connectivity index (χ1) is 21.4. The summed E-state index contributed by atoms with van der Waals surface area (Å²) >= 11 is 2.65. The van der Waals surface area contributed by atoms with Crippen molar-refractivity contribution in [1.82, 2.24) is 4.40 Å². The van der Waals surface area contributed by atoms with Gasteiger partial charge in [0.1, 0.15) is 7.05 Å². The average Bonchev–Trinajstić information content (AvgIpc) is 3.32. The van der Waals surface area contributed by atoms with Crippen LogP contribution < -0.4 is 4.57 Å². The lowest BCUT2D eigenvalue weighted by molar-refractivity contribution is -0.643. The lowest BCUT2D eigenvalue weighted by atomic mass is 9.84. The first-order valence-corrected chi connectivity index (χ1v) is 17.2. The molecule has 0 bridgehead atoms. The fourth-order valence-corrected chi connectivity index (χ4v) is 8.29. The molecule has 0 radical (unpaired) electrons. The van der Waals surface area contributed by atoms with Crippen molar-refractivity contribution in [1.29, 1.82) is 0 Å². The van der Waals surface area contributed by atoms with Crippen LogP contribution in [0.5, 0.6) is 0 Å². The molecule has 0 fully saturated rings. The minimum absolute atomic E-state index is 0.0836. The van der Waals surface area contributed by atoms with Gasteiger partial charge in [-0.05, 0) is 75.2 Å². The number of hydrogen-bond acceptors (Lipinski definition) is 0. The van der Waals surface area contributed by atoms with Gasteiger partial charge in [-0.2, -0.15) is 0 Å². The summed E-state index contributed by atoms with van der Waals surface area (Å²) in [6.07, 6.45) is 4.29. The molecule has 0 N–H and O–H groups in total. The normalized spacial score (nSPS) is 13.1. The van der Waals surface area contributed by atoms with E-state index in [9.17, 15) is 0 Å². The maximum Gasteiger partial charge on any atom is 0.224 e. The topological polar surface area (TPSA) is 8.29 Å². The second-order valence-electron chi connectivity index (χ2n) is 15.0. The molecular weight excluding hydrogens is 659 g/mol. The van der Waals surface area contributed by atoms with Crippen LogP contribution in [0.4, 0.5) is 0 Å². The number of nitrogens with zero attached hydrogens (tertiary/aromatic N) is 2. The molecule has 3 heterocycles. The summed E-state index contributed by atoms with van der Waals surface area (Å²) in [4.78, 5) is 0. The number of aromatic nitrogens is 2. The highest BCUT2D eigenvalue weighted by atomic mass is 127. The van der Waals surface area contributed by atoms with Crippen molar-refractivity contribution >= 4 is 82.4 Å². The van der Waals surface area contributed by atoms with Crippen molar-refractivity contribution in [2.24, 2.45) is 12.5 Å². The van der Waals surface area contributed by atoms with Crippen molar-refractivity contribution in [2.75, 3.05) is 0 Å². The number of hydrogen-bond donors (Lipinski definition) is 0. The van der Waals surface area contributed by atoms with Gasteiger partial charge >= 0.3 is 0 Å². The third-order valence-electron chi connectivity index (χ3n) is 9.64. The fraction of sp³-hybridized carbons (Fsp3) is 0.262. The number of halogens is 1. The molecule has 0 unspecified atom stereocenters. The van der Waals surface area contributed by atoms with Crippen molar-refractivity contribution in [3.8, 4) is 11.1 Å². The Morgan fingerprint density at radius 3 is 2.16 bits per heavy atom. The molecule has 45 heavy (non-hydrogen) atoms. The summed E-state index contributed by atoms with van der Waals surface area (Å²) in [6.45, 7) is 14.1. The molecule has 8 aromatic rings. The summed E-state index contributed by atoms with van der Waals surface area (Å²) in [5.74, 6) is 0. The van der Waals surface area contributed by atoms with Crippen molar-refractivity contribution in [3.05, 3.63) is 108 Å². The molecule has 3 aromatic heterocycles. The molecule has 0 atom stereocenters. The van der Waals surface area contributed by atoms with Gasteiger partial charge in [0.15, 0.2) is 6.20 Å². The van der Waals surface area contributed by atoms with Gasteiger partial charge in [0, 0.05) is 20.3 Å². The van der Waals surface area contributed by atoms with Crippen LogP contribution in [-0.2, 0) is 19.9 Å². The van der Waals surface area contributed by atoms with E-state index in [1.165, 1.54) is 87.6 Å². The second kappa shape index (κ2) is 9.90. The van der Waals surface area contributed by atoms with E-state index in [1.54, 1.807) is 0 Å². The zero-order chi connectivity index (χ0) is 31.4. The number of alkyl halides is 1. The van der Waals surface area contributed by atoms with Crippen molar-refractivity contribution in [3.63, 3.8) is 0 Å². The van der Waals surface area contributed by atoms with E-state index in [0.29, 0.717) is 0 Å². The Balaban J connectivity index is 1.66. The van der Waals surface area contributed by atoms with Crippen LogP contribution in [0, 0.1) is 12.3 Å². The average molecular weight is 700 g/mol. The summed E-state index contributed by atoms with van der Waals surface area (Å²) in [7, 11) is 2.23. The standard InChI is InChI=1S/C42H40IN2/c1-25-33-21-26(23-41(2,3)4)13-16-30(33)34(24-42(5,6)43)39-36(25)40-37-28(19-20-44(40)7)14-18-32-31-17-15-29(27-11-9-8-10-12-27)22-35(31)45(39)38(32)37/h8-22H,23-24H2,1-7H3/q+1. The van der Waals surface area contributed by atoms with E-state index in [4.69, 9.17) is 0 Å². The van der Waals surface area contributed by atoms with Crippen LogP contribution in [0.2, 0.25) is 0 Å². The highest BCUT2D eigenvalue weighted by Gasteiger charge is 2.29. The smallest absolute Gasteiger partial charge is 0.224 e. The van der Waals surface area contributed by atoms with Gasteiger partial charge in [0.25, 0.3) is 0 Å². The van der Waals surface area contributed by atoms with E-state index < -0.39 is 0 Å². The lowest BCUT2D eigenvalue weighted by Gasteiger charge is -2.24. The Bertz CT molecular complexity index is 2450. The molecule has 5 aromatic carbocycles. The molecule has 224 valence electrons. The van der Waals surface area contributed by atoms with Crippen LogP contribution in [0.15, 0.2) is 91.1 Å². The molecule has 3 heteroatoms. The number of rotatable bonds is 4. The molecule has 0 aliphatic rings. The first-order valence-electron chi connectivity index (χ1n) is 16.1. The summed E-state index contributed by atoms with van der Waals surface area (Å²) in [6, 6.07) is 32.2. The Kier molecular flexibility index (Phi) is 6.32. The van der Waals surface area contributed by atoms with Crippen LogP contribution >= 0.6 is 22.6 Å². The van der Waals surface area contributed by atoms with Gasteiger partial charge in [-0.3, -0.25) is 0 Å². The van der Waals surface area contributed by atoms with Gasteiger partial charge in [-0.15, -0.1) is 0 Å². The summed E-state index contributed by atoms with van der Waals surface area (Å²) in [5, 5.41) is 9.45. The molecule has 0 saturated heterocycles. The van der Waals surface area contributed by atoms with E-state index in [1.807, 2.05) is 0 Å². The maximum atomic E-state index is 2.65. The largest absolute Gasteiger partial charge is 0.307 e. The summed E-state index contributed by atoms with van der Waals surface area (Å²) in [5.41, 5.74) is 12.3. The molecule has 0 amide bonds. The SMILES string of the molecule is Cc1c2cc(CC(C)(C)C)ccc2c(CC(C)(C)I)c2c1c1c3c(ccc4c5ccc(-c6ccccc6)cc5n2c43)cc[n+]1C. The molecule has 0 saturated carbocycles. The molecule has 8 rings (SSSR count). The quantitative estimate of drug-likeness (QED) is 0.0568. The Morgan fingerprint density at radius 2 is 1.42 bits per heavy atom. The zero-order valence-corrected chi connectivity index (χ0v) is 29.5. The number of pyridine rings is 2. The van der Waals surface area contributed by atoms with Gasteiger partial charge in [-0.1, -0.05) is 130 Å². The van der Waals surface area contributed by atoms with Crippen molar-refractivity contribution in [2.45, 2.75) is 57.8 Å². The molecule has 0 aliphatic carbocycles. The van der Waals surface area contributed by atoms with Crippen molar-refractivity contribution < 1.29 is 4.57 Å². The van der Waals surface area contributed by atoms with Gasteiger partial charge in [0.2, 0.25) is 5.52 Å². The van der Waals surface area contributed by atoms with Crippen LogP contribution in [0.25, 0.3) is 70.9 Å². The minimum atomic E-state index is 0.0836. The van der Waals surface area contributed by atoms with E-state index >= 15 is 0 Å². The predicted octanol–water partition coefficient (Wildman–Crippen LogP) is 11.3. The van der Waals surface area contributed by atoms with Crippen LogP contribution in [-0.4, -0.2) is 7.82 Å². The molecule has 0 spiro atoms. The zero-order valence-electron chi connectivity index (χ0n) is 27.3. The highest BCUT2D eigenvalue weighted by Crippen LogP contribution is 2.46. The predicted molar refractivity (Wildman–Crippen MR) is 202 cm³/mol. The van der Waals surface area contributed by atoms with E-state index in [-0.39, 0.29) is 8.84 Å². The van der Waals surface area contributed by atoms with E-state index in [0.717, 1.165) is 12.8 Å². The number of aryl methyl sites for hydroxylation is 2. The minimum Gasteiger partial charge on any atom is -0.307 e. The highest BCUT2D eigenvalue weighted by molar-refractivity contribution is 14.1. The Morgan fingerprint density at radius 1 is 0.689 bits per heavy atom. The summed E-state index contributed by atoms with van der Waals surface area (Å²) < 4.78 is 5.10. The third-order valence-corrected chi connectivity index (χ3v) is 10.0. The molecular formula is C42H40IN2+. The van der Waals surface area contributed by atoms with E-state index in [2.05, 4.69) is 171 Å². The molecule has 0 aliphatic heterocycles. The van der Waals surface area contributed by atoms with Crippen LogP contribution in [0.3, 0.4) is 0 Å². The first kappa shape index (κ1) is 28.8. The van der Waals surface area contributed by atoms with Crippen LogP contribution in [0.1, 0.15) is 51.3 Å². The Labute approximate surface area is 279 Å². The third kappa shape index (κ3) is 4.52. The van der Waals surface area contributed by atoms with Gasteiger partial charge in [0.05, 0.1) is 27.3 Å². The molecule has 2 nitrogen and oxygen atoms in total. The van der Waals surface area contributed by atoms with Gasteiger partial charge < -0.3 is 4.40 Å².